The highest BCUT2D eigenvalue weighted by Crippen LogP contribution is 2.60. The number of carboxylic acid groups (broad SMARTS) is 1. The number of carbonyl (C=O) groups is 1. The molecule has 5 rings (SSSR count). The fourth-order valence-corrected chi connectivity index (χ4v) is 5.76. The molecule has 0 spiro atoms. The molecule has 1 N–H and O–H groups in total. The van der Waals surface area contributed by atoms with Crippen LogP contribution in [0, 0.1) is 17.8 Å². The highest BCUT2D eigenvalue weighted by atomic mass is 32.1. The Balaban J connectivity index is 1.72. The van der Waals surface area contributed by atoms with E-state index in [0.717, 1.165) is 22.8 Å². The third-order valence-electron chi connectivity index (χ3n) is 5.11. The van der Waals surface area contributed by atoms with Crippen LogP contribution in [-0.2, 0) is 5.41 Å². The highest BCUT2D eigenvalue weighted by molar-refractivity contribution is 7.05. The third-order valence-corrected chi connectivity index (χ3v) is 6.07. The van der Waals surface area contributed by atoms with Crippen LogP contribution in [0.5, 0.6) is 0 Å². The van der Waals surface area contributed by atoms with E-state index in [1.807, 2.05) is 0 Å². The van der Waals surface area contributed by atoms with Crippen LogP contribution in [0.15, 0.2) is 0 Å². The minimum Gasteiger partial charge on any atom is -0.475 e. The van der Waals surface area contributed by atoms with Crippen LogP contribution in [-0.4, -0.2) is 20.4 Å². The van der Waals surface area contributed by atoms with Gasteiger partial charge in [-0.05, 0) is 67.8 Å². The van der Waals surface area contributed by atoms with Crippen LogP contribution in [0.1, 0.15) is 54.2 Å². The molecule has 4 fully saturated rings. The van der Waals surface area contributed by atoms with Gasteiger partial charge in [0.05, 0.1) is 0 Å². The van der Waals surface area contributed by atoms with Gasteiger partial charge in [0, 0.05) is 5.41 Å². The fraction of sp³-hybridized carbons (Fsp3) is 0.769. The Morgan fingerprint density at radius 2 is 1.72 bits per heavy atom. The lowest BCUT2D eigenvalue weighted by Gasteiger charge is -2.55. The van der Waals surface area contributed by atoms with Crippen molar-refractivity contribution in [2.24, 2.45) is 17.8 Å². The zero-order valence-corrected chi connectivity index (χ0v) is 10.9. The quantitative estimate of drug-likeness (QED) is 0.892. The lowest BCUT2D eigenvalue weighted by atomic mass is 9.50. The Morgan fingerprint density at radius 1 is 1.17 bits per heavy atom. The first-order valence-electron chi connectivity index (χ1n) is 6.72. The minimum absolute atomic E-state index is 0.00857. The Labute approximate surface area is 110 Å². The standard InChI is InChI=1S/C13H16N2O2S/c16-11(17)10-14-12(18-15-10)13-4-7-1-8(5-13)3-9(2-7)6-13/h7-9H,1-6H2,(H,16,17). The van der Waals surface area contributed by atoms with Crippen LogP contribution >= 0.6 is 11.5 Å². The van der Waals surface area contributed by atoms with E-state index in [1.165, 1.54) is 50.1 Å². The minimum atomic E-state index is -0.998. The molecule has 0 unspecified atom stereocenters. The molecule has 0 radical (unpaired) electrons. The van der Waals surface area contributed by atoms with Crippen LogP contribution < -0.4 is 0 Å². The molecule has 96 valence electrons. The van der Waals surface area contributed by atoms with Gasteiger partial charge in [-0.1, -0.05) is 0 Å². The van der Waals surface area contributed by atoms with E-state index >= 15 is 0 Å². The van der Waals surface area contributed by atoms with Crippen molar-refractivity contribution >= 4 is 17.5 Å². The van der Waals surface area contributed by atoms with Crippen LogP contribution in [0.3, 0.4) is 0 Å². The van der Waals surface area contributed by atoms with Gasteiger partial charge in [0.1, 0.15) is 5.01 Å². The number of nitrogens with zero attached hydrogens (tertiary/aromatic N) is 2. The van der Waals surface area contributed by atoms with Crippen molar-refractivity contribution in [3.05, 3.63) is 10.8 Å². The third kappa shape index (κ3) is 1.46. The molecule has 4 saturated carbocycles. The predicted octanol–water partition coefficient (Wildman–Crippen LogP) is 2.70. The second-order valence-corrected chi connectivity index (χ2v) is 7.18. The smallest absolute Gasteiger partial charge is 0.374 e. The van der Waals surface area contributed by atoms with Gasteiger partial charge in [-0.25, -0.2) is 9.78 Å². The molecule has 0 atom stereocenters. The van der Waals surface area contributed by atoms with Gasteiger partial charge in [-0.2, -0.15) is 4.37 Å². The molecule has 0 aromatic carbocycles. The lowest BCUT2D eigenvalue weighted by molar-refractivity contribution is -0.00533. The number of carboxylic acids is 1. The number of aromatic nitrogens is 2. The zero-order valence-electron chi connectivity index (χ0n) is 10.1. The van der Waals surface area contributed by atoms with Crippen LogP contribution in [0.2, 0.25) is 0 Å². The number of rotatable bonds is 2. The summed E-state index contributed by atoms with van der Waals surface area (Å²) in [6, 6.07) is 0. The molecule has 4 aliphatic rings. The summed E-state index contributed by atoms with van der Waals surface area (Å²) in [4.78, 5) is 15.2. The monoisotopic (exact) mass is 264 g/mol. The largest absolute Gasteiger partial charge is 0.475 e. The first kappa shape index (κ1) is 10.9. The summed E-state index contributed by atoms with van der Waals surface area (Å²) in [5.41, 5.74) is 0.181. The normalized spacial score (nSPS) is 41.2. The van der Waals surface area contributed by atoms with E-state index in [2.05, 4.69) is 9.36 Å². The van der Waals surface area contributed by atoms with E-state index in [4.69, 9.17) is 5.11 Å². The molecule has 5 heteroatoms. The maximum atomic E-state index is 10.9. The van der Waals surface area contributed by atoms with Crippen LogP contribution in [0.25, 0.3) is 0 Å². The second kappa shape index (κ2) is 3.53. The van der Waals surface area contributed by atoms with Gasteiger partial charge >= 0.3 is 5.97 Å². The van der Waals surface area contributed by atoms with Crippen molar-refractivity contribution in [2.45, 2.75) is 43.9 Å². The van der Waals surface area contributed by atoms with Gasteiger partial charge in [-0.3, -0.25) is 0 Å². The SMILES string of the molecule is O=C(O)c1nsc(C23CC4CC(CC(C4)C2)C3)n1. The molecule has 4 bridgehead atoms. The molecule has 1 aromatic heterocycles. The van der Waals surface area contributed by atoms with Crippen molar-refractivity contribution in [2.75, 3.05) is 0 Å². The summed E-state index contributed by atoms with van der Waals surface area (Å²) in [5.74, 6) is 1.56. The van der Waals surface area contributed by atoms with E-state index in [1.54, 1.807) is 0 Å². The van der Waals surface area contributed by atoms with Crippen molar-refractivity contribution in [3.8, 4) is 0 Å². The molecule has 4 nitrogen and oxygen atoms in total. The summed E-state index contributed by atoms with van der Waals surface area (Å²) in [6.07, 6.45) is 7.82. The van der Waals surface area contributed by atoms with Crippen molar-refractivity contribution in [1.82, 2.24) is 9.36 Å². The molecule has 1 aromatic rings. The molecule has 0 saturated heterocycles. The van der Waals surface area contributed by atoms with E-state index in [0.29, 0.717) is 0 Å². The highest BCUT2D eigenvalue weighted by Gasteiger charge is 2.53. The maximum Gasteiger partial charge on any atom is 0.374 e. The van der Waals surface area contributed by atoms with Gasteiger partial charge in [0.2, 0.25) is 0 Å². The molecular formula is C13H16N2O2S. The average molecular weight is 264 g/mol. The summed E-state index contributed by atoms with van der Waals surface area (Å²) in [7, 11) is 0. The van der Waals surface area contributed by atoms with E-state index < -0.39 is 5.97 Å². The zero-order chi connectivity index (χ0) is 12.3. The summed E-state index contributed by atoms with van der Waals surface area (Å²) >= 11 is 1.32. The van der Waals surface area contributed by atoms with Crippen LogP contribution in [0.4, 0.5) is 0 Å². The molecule has 1 heterocycles. The van der Waals surface area contributed by atoms with Gasteiger partial charge in [0.25, 0.3) is 5.82 Å². The Morgan fingerprint density at radius 3 is 2.17 bits per heavy atom. The second-order valence-electron chi connectivity index (χ2n) is 6.43. The number of hydrogen-bond donors (Lipinski definition) is 1. The topological polar surface area (TPSA) is 63.1 Å². The Bertz CT molecular complexity index is 476. The molecule has 0 amide bonds. The van der Waals surface area contributed by atoms with Gasteiger partial charge < -0.3 is 5.11 Å². The molecule has 18 heavy (non-hydrogen) atoms. The fourth-order valence-electron chi connectivity index (χ4n) is 4.90. The van der Waals surface area contributed by atoms with Crippen molar-refractivity contribution in [3.63, 3.8) is 0 Å². The number of hydrogen-bond acceptors (Lipinski definition) is 4. The summed E-state index contributed by atoms with van der Waals surface area (Å²) in [5, 5.41) is 9.96. The van der Waals surface area contributed by atoms with Crippen molar-refractivity contribution < 1.29 is 9.90 Å². The Kier molecular flexibility index (Phi) is 2.14. The summed E-state index contributed by atoms with van der Waals surface area (Å²) < 4.78 is 4.00. The predicted molar refractivity (Wildman–Crippen MR) is 66.7 cm³/mol. The van der Waals surface area contributed by atoms with Gasteiger partial charge in [-0.15, -0.1) is 0 Å². The molecule has 0 aliphatic heterocycles. The van der Waals surface area contributed by atoms with Crippen molar-refractivity contribution in [1.29, 1.82) is 0 Å². The first-order valence-corrected chi connectivity index (χ1v) is 7.49. The average Bonchev–Trinajstić information content (AvgIpc) is 2.76. The molecular weight excluding hydrogens is 248 g/mol. The van der Waals surface area contributed by atoms with Gasteiger partial charge in [0.15, 0.2) is 0 Å². The number of aromatic carboxylic acids is 1. The molecule has 4 aliphatic carbocycles. The maximum absolute atomic E-state index is 10.9. The van der Waals surface area contributed by atoms with E-state index in [9.17, 15) is 4.79 Å². The summed E-state index contributed by atoms with van der Waals surface area (Å²) in [6.45, 7) is 0. The van der Waals surface area contributed by atoms with E-state index in [-0.39, 0.29) is 11.2 Å². The lowest BCUT2D eigenvalue weighted by Crippen LogP contribution is -2.48. The Hall–Kier alpha value is -0.970. The first-order chi connectivity index (χ1) is 8.64.